The van der Waals surface area contributed by atoms with Gasteiger partial charge in [0.1, 0.15) is 5.75 Å². The molecule has 0 aliphatic heterocycles. The van der Waals surface area contributed by atoms with Crippen LogP contribution in [0.4, 0.5) is 5.13 Å². The monoisotopic (exact) mass is 545 g/mol. The van der Waals surface area contributed by atoms with Crippen LogP contribution in [0.3, 0.4) is 0 Å². The lowest BCUT2D eigenvalue weighted by atomic mass is 10.2. The van der Waals surface area contributed by atoms with Gasteiger partial charge in [0, 0.05) is 12.2 Å². The summed E-state index contributed by atoms with van der Waals surface area (Å²) in [6.45, 7) is 4.85. The predicted octanol–water partition coefficient (Wildman–Crippen LogP) is 2.36. The number of ether oxygens (including phenoxy) is 2. The summed E-state index contributed by atoms with van der Waals surface area (Å²) in [6, 6.07) is 22.1. The fraction of sp³-hybridized carbons (Fsp3) is 0.167. The van der Waals surface area contributed by atoms with Gasteiger partial charge in [-0.2, -0.15) is 0 Å². The van der Waals surface area contributed by atoms with E-state index in [1.54, 1.807) is 0 Å². The molecule has 0 saturated heterocycles. The first-order valence-corrected chi connectivity index (χ1v) is 12.8. The molecule has 0 spiro atoms. The number of carbonyl (C=O) groups excluding carboxylic acids is 1. The smallest absolute Gasteiger partial charge is 0.357 e. The number of thiazole rings is 1. The second-order valence-corrected chi connectivity index (χ2v) is 10.8. The quantitative estimate of drug-likeness (QED) is 0.210. The topological polar surface area (TPSA) is 60.5 Å². The van der Waals surface area contributed by atoms with Crippen LogP contribution in [0.1, 0.15) is 22.8 Å². The number of anilines is 1. The zero-order valence-corrected chi connectivity index (χ0v) is 20.2. The van der Waals surface area contributed by atoms with Crippen LogP contribution in [0.25, 0.3) is 10.2 Å². The van der Waals surface area contributed by atoms with E-state index >= 15 is 0 Å². The normalized spacial score (nSPS) is 10.9. The summed E-state index contributed by atoms with van der Waals surface area (Å²) in [4.78, 5) is 17.2. The van der Waals surface area contributed by atoms with Crippen LogP contribution in [0.5, 0.6) is 5.75 Å². The lowest BCUT2D eigenvalue weighted by Crippen LogP contribution is -3.61. The van der Waals surface area contributed by atoms with Crippen molar-refractivity contribution in [1.29, 1.82) is 0 Å². The molecule has 1 aromatic heterocycles. The summed E-state index contributed by atoms with van der Waals surface area (Å²) < 4.78 is 14.4. The molecule has 0 aliphatic rings. The fourth-order valence-corrected chi connectivity index (χ4v) is 6.23. The van der Waals surface area contributed by atoms with Gasteiger partial charge in [-0.3, -0.25) is 10.1 Å². The first-order valence-electron chi connectivity index (χ1n) is 9.85. The molecule has 0 atom stereocenters. The van der Waals surface area contributed by atoms with Crippen molar-refractivity contribution < 1.29 is 35.5 Å². The minimum absolute atomic E-state index is 0.160. The molecule has 4 rings (SSSR count). The summed E-state index contributed by atoms with van der Waals surface area (Å²) >= 11 is 1.17. The van der Waals surface area contributed by atoms with E-state index in [0.29, 0.717) is 17.3 Å². The Bertz CT molecular complexity index is 1190. The largest absolute Gasteiger partial charge is 0.468 e. The molecule has 31 heavy (non-hydrogen) atoms. The predicted molar refractivity (Wildman–Crippen MR) is 120 cm³/mol. The highest BCUT2D eigenvalue weighted by Gasteiger charge is 2.17. The first kappa shape index (κ1) is 21.7. The zero-order chi connectivity index (χ0) is 21.6. The number of fused-ring (bicyclic) bond motifs is 1. The number of hydrogen-bond acceptors (Lipinski definition) is 5. The minimum atomic E-state index is -0.256. The van der Waals surface area contributed by atoms with Gasteiger partial charge in [-0.15, -0.1) is 0 Å². The number of hydrogen-bond donors (Lipinski definition) is 1. The Hall–Kier alpha value is -2.49. The summed E-state index contributed by atoms with van der Waals surface area (Å²) in [5.41, 5.74) is 2.72. The summed E-state index contributed by atoms with van der Waals surface area (Å²) in [5, 5.41) is 3.48. The van der Waals surface area contributed by atoms with E-state index in [-0.39, 0.29) is 33.9 Å². The molecular formula is C24H22IN2O3S+. The molecule has 0 aliphatic carbocycles. The number of amides is 1. The molecule has 0 fully saturated rings. The van der Waals surface area contributed by atoms with Gasteiger partial charge in [-0.1, -0.05) is 23.5 Å². The Balaban J connectivity index is 1.41. The van der Waals surface area contributed by atoms with Gasteiger partial charge in [0.05, 0.1) is 10.2 Å². The maximum Gasteiger partial charge on any atom is 0.357 e. The third-order valence-electron chi connectivity index (χ3n) is 4.40. The molecule has 1 N–H and O–H groups in total. The fourth-order valence-electron chi connectivity index (χ4n) is 2.87. The number of nitrogens with one attached hydrogen (secondary N) is 1. The van der Waals surface area contributed by atoms with E-state index in [4.69, 9.17) is 9.47 Å². The van der Waals surface area contributed by atoms with Crippen LogP contribution in [0.2, 0.25) is 0 Å². The second-order valence-electron chi connectivity index (χ2n) is 6.76. The van der Waals surface area contributed by atoms with Crippen molar-refractivity contribution in [3.63, 3.8) is 0 Å². The lowest BCUT2D eigenvalue weighted by Gasteiger charge is -2.04. The highest BCUT2D eigenvalue weighted by Crippen LogP contribution is 2.29. The standard InChI is InChI=1S/C24H21IN2O3S/c1-3-29-15-30-20-11-12-21-22(14-20)31-24(26-21)27-23(28)17-7-9-18(10-8-17)25-19-6-4-5-16(2)13-19/h4-14H,3,15H2,1-2H3/p+1. The zero-order valence-electron chi connectivity index (χ0n) is 17.2. The molecule has 158 valence electrons. The molecule has 0 bridgehead atoms. The van der Waals surface area contributed by atoms with Crippen molar-refractivity contribution in [3.8, 4) is 5.75 Å². The van der Waals surface area contributed by atoms with Gasteiger partial charge < -0.3 is 9.47 Å². The SMILES string of the molecule is CCOCOc1ccc2nc(NC(=O)c3ccc([I+]c4cccc(C)c4)cc3)sc2c1. The lowest BCUT2D eigenvalue weighted by molar-refractivity contribution is -0.597. The molecule has 3 aromatic carbocycles. The number of aryl methyl sites for hydroxylation is 1. The number of carbonyl (C=O) groups is 1. The number of aromatic nitrogens is 1. The van der Waals surface area contributed by atoms with E-state index in [0.717, 1.165) is 16.0 Å². The summed E-state index contributed by atoms with van der Waals surface area (Å²) in [6.07, 6.45) is 0. The Kier molecular flexibility index (Phi) is 7.16. The molecule has 1 heterocycles. The maximum absolute atomic E-state index is 12.7. The second kappa shape index (κ2) is 10.2. The van der Waals surface area contributed by atoms with Crippen molar-refractivity contribution in [1.82, 2.24) is 4.98 Å². The average Bonchev–Trinajstić information content (AvgIpc) is 3.16. The average molecular weight is 545 g/mol. The van der Waals surface area contributed by atoms with Gasteiger partial charge in [0.25, 0.3) is 5.91 Å². The Morgan fingerprint density at radius 3 is 2.68 bits per heavy atom. The third kappa shape index (κ3) is 5.81. The Morgan fingerprint density at radius 2 is 1.90 bits per heavy atom. The number of halogens is 1. The van der Waals surface area contributed by atoms with Crippen LogP contribution in [-0.4, -0.2) is 24.3 Å². The molecule has 5 nitrogen and oxygen atoms in total. The first-order chi connectivity index (χ1) is 15.1. The third-order valence-corrected chi connectivity index (χ3v) is 7.97. The molecule has 0 saturated carbocycles. The van der Waals surface area contributed by atoms with E-state index < -0.39 is 0 Å². The highest BCUT2D eigenvalue weighted by atomic mass is 127. The van der Waals surface area contributed by atoms with Crippen LogP contribution in [0, 0.1) is 14.1 Å². The van der Waals surface area contributed by atoms with E-state index in [1.165, 1.54) is 24.0 Å². The van der Waals surface area contributed by atoms with Crippen molar-refractivity contribution in [2.45, 2.75) is 13.8 Å². The molecule has 0 unspecified atom stereocenters. The van der Waals surface area contributed by atoms with Crippen LogP contribution in [-0.2, 0) is 4.74 Å². The Labute approximate surface area is 195 Å². The van der Waals surface area contributed by atoms with Gasteiger partial charge in [-0.05, 0) is 74.0 Å². The van der Waals surface area contributed by atoms with Crippen molar-refractivity contribution in [3.05, 3.63) is 85.0 Å². The number of nitrogens with zero attached hydrogens (tertiary/aromatic N) is 1. The van der Waals surface area contributed by atoms with Crippen molar-refractivity contribution in [2.24, 2.45) is 0 Å². The molecule has 7 heteroatoms. The van der Waals surface area contributed by atoms with Crippen molar-refractivity contribution >= 4 is 32.6 Å². The molecule has 4 aromatic rings. The van der Waals surface area contributed by atoms with Crippen molar-refractivity contribution in [2.75, 3.05) is 18.7 Å². The molecular weight excluding hydrogens is 523 g/mol. The van der Waals surface area contributed by atoms with Gasteiger partial charge in [-0.25, -0.2) is 4.98 Å². The highest BCUT2D eigenvalue weighted by molar-refractivity contribution is 7.22. The van der Waals surface area contributed by atoms with Crippen LogP contribution in [0.15, 0.2) is 66.7 Å². The summed E-state index contributed by atoms with van der Waals surface area (Å²) in [7, 11) is 0. The van der Waals surface area contributed by atoms with Gasteiger partial charge >= 0.3 is 21.2 Å². The van der Waals surface area contributed by atoms with Crippen LogP contribution >= 0.6 is 11.3 Å². The Morgan fingerprint density at radius 1 is 1.06 bits per heavy atom. The maximum atomic E-state index is 12.7. The molecule has 1 amide bonds. The van der Waals surface area contributed by atoms with E-state index in [9.17, 15) is 4.79 Å². The number of benzene rings is 3. The van der Waals surface area contributed by atoms with Gasteiger partial charge in [0.2, 0.25) is 0 Å². The molecule has 0 radical (unpaired) electrons. The van der Waals surface area contributed by atoms with Gasteiger partial charge in [0.15, 0.2) is 19.1 Å². The number of rotatable bonds is 8. The van der Waals surface area contributed by atoms with E-state index in [1.807, 2.05) is 49.4 Å². The van der Waals surface area contributed by atoms with E-state index in [2.05, 4.69) is 41.5 Å². The van der Waals surface area contributed by atoms with Crippen LogP contribution < -0.4 is 31.3 Å². The minimum Gasteiger partial charge on any atom is -0.468 e. The summed E-state index contributed by atoms with van der Waals surface area (Å²) in [5.74, 6) is 0.558.